The molecule has 1 aromatic carbocycles. The highest BCUT2D eigenvalue weighted by Crippen LogP contribution is 2.23. The highest BCUT2D eigenvalue weighted by Gasteiger charge is 2.12. The van der Waals surface area contributed by atoms with Gasteiger partial charge >= 0.3 is 0 Å². The van der Waals surface area contributed by atoms with Crippen molar-refractivity contribution in [2.45, 2.75) is 20.8 Å². The second kappa shape index (κ2) is 5.78. The standard InChI is InChI=1S/C15H19N5O/c1-9-5-10(2)7-12(6-9)20(4)15-17-11(3)8-13(18-15)14(16)19-21/h5-8,21H,1-4H3,(H2,16,19). The van der Waals surface area contributed by atoms with Gasteiger partial charge in [-0.1, -0.05) is 11.2 Å². The van der Waals surface area contributed by atoms with Crippen molar-refractivity contribution in [1.29, 1.82) is 0 Å². The summed E-state index contributed by atoms with van der Waals surface area (Å²) in [7, 11) is 1.89. The van der Waals surface area contributed by atoms with Gasteiger partial charge in [0.2, 0.25) is 5.95 Å². The second-order valence-electron chi connectivity index (χ2n) is 5.08. The van der Waals surface area contributed by atoms with Gasteiger partial charge in [0.05, 0.1) is 0 Å². The molecule has 6 heteroatoms. The molecule has 0 spiro atoms. The second-order valence-corrected chi connectivity index (χ2v) is 5.08. The van der Waals surface area contributed by atoms with Crippen LogP contribution in [-0.2, 0) is 0 Å². The quantitative estimate of drug-likeness (QED) is 0.391. The topological polar surface area (TPSA) is 87.6 Å². The molecule has 1 heterocycles. The molecule has 0 aliphatic carbocycles. The van der Waals surface area contributed by atoms with Crippen molar-refractivity contribution in [2.75, 3.05) is 11.9 Å². The predicted molar refractivity (Wildman–Crippen MR) is 83.3 cm³/mol. The van der Waals surface area contributed by atoms with Gasteiger partial charge in [0.1, 0.15) is 5.69 Å². The monoisotopic (exact) mass is 285 g/mol. The number of amidine groups is 1. The van der Waals surface area contributed by atoms with E-state index >= 15 is 0 Å². The Morgan fingerprint density at radius 3 is 2.29 bits per heavy atom. The van der Waals surface area contributed by atoms with E-state index in [0.29, 0.717) is 11.6 Å². The van der Waals surface area contributed by atoms with Crippen LogP contribution in [0.5, 0.6) is 0 Å². The van der Waals surface area contributed by atoms with E-state index in [9.17, 15) is 0 Å². The van der Waals surface area contributed by atoms with E-state index in [1.807, 2.05) is 32.7 Å². The third-order valence-electron chi connectivity index (χ3n) is 3.11. The summed E-state index contributed by atoms with van der Waals surface area (Å²) >= 11 is 0. The Morgan fingerprint density at radius 2 is 1.71 bits per heavy atom. The van der Waals surface area contributed by atoms with Gasteiger partial charge in [0, 0.05) is 18.4 Å². The van der Waals surface area contributed by atoms with Gasteiger partial charge in [0.25, 0.3) is 0 Å². The highest BCUT2D eigenvalue weighted by molar-refractivity contribution is 5.95. The number of benzene rings is 1. The van der Waals surface area contributed by atoms with Gasteiger partial charge < -0.3 is 15.8 Å². The Labute approximate surface area is 123 Å². The van der Waals surface area contributed by atoms with Crippen LogP contribution in [0.15, 0.2) is 29.4 Å². The molecule has 0 aliphatic rings. The van der Waals surface area contributed by atoms with E-state index in [1.54, 1.807) is 6.07 Å². The average Bonchev–Trinajstić information content (AvgIpc) is 2.43. The molecule has 0 saturated heterocycles. The molecule has 0 amide bonds. The van der Waals surface area contributed by atoms with Crippen LogP contribution in [0.3, 0.4) is 0 Å². The molecule has 3 N–H and O–H groups in total. The zero-order valence-corrected chi connectivity index (χ0v) is 12.6. The molecule has 2 rings (SSSR count). The normalized spacial score (nSPS) is 11.5. The fourth-order valence-electron chi connectivity index (χ4n) is 2.15. The maximum absolute atomic E-state index is 8.79. The molecule has 6 nitrogen and oxygen atoms in total. The highest BCUT2D eigenvalue weighted by atomic mass is 16.4. The van der Waals surface area contributed by atoms with Crippen molar-refractivity contribution in [3.05, 3.63) is 46.8 Å². The summed E-state index contributed by atoms with van der Waals surface area (Å²) in [5, 5.41) is 11.8. The van der Waals surface area contributed by atoms with Crippen LogP contribution in [-0.4, -0.2) is 28.1 Å². The first kappa shape index (κ1) is 14.8. The van der Waals surface area contributed by atoms with E-state index in [1.165, 1.54) is 11.1 Å². The number of aryl methyl sites for hydroxylation is 3. The van der Waals surface area contributed by atoms with E-state index in [0.717, 1.165) is 11.4 Å². The smallest absolute Gasteiger partial charge is 0.230 e. The molecule has 0 saturated carbocycles. The minimum Gasteiger partial charge on any atom is -0.409 e. The summed E-state index contributed by atoms with van der Waals surface area (Å²) in [6.07, 6.45) is 0. The van der Waals surface area contributed by atoms with Gasteiger partial charge in [-0.2, -0.15) is 0 Å². The molecule has 110 valence electrons. The van der Waals surface area contributed by atoms with E-state index in [2.05, 4.69) is 33.3 Å². The van der Waals surface area contributed by atoms with Crippen LogP contribution in [0.25, 0.3) is 0 Å². The number of hydrogen-bond donors (Lipinski definition) is 2. The lowest BCUT2D eigenvalue weighted by atomic mass is 10.1. The fraction of sp³-hybridized carbons (Fsp3) is 0.267. The SMILES string of the molecule is Cc1cc(C)cc(N(C)c2nc(C)cc(/C(N)=N/O)n2)c1. The molecule has 0 atom stereocenters. The number of aromatic nitrogens is 2. The molecular formula is C15H19N5O. The van der Waals surface area contributed by atoms with Crippen LogP contribution in [0.2, 0.25) is 0 Å². The molecule has 0 aliphatic heterocycles. The van der Waals surface area contributed by atoms with Crippen LogP contribution < -0.4 is 10.6 Å². The molecule has 2 aromatic rings. The van der Waals surface area contributed by atoms with Crippen LogP contribution >= 0.6 is 0 Å². The Bertz CT molecular complexity index is 676. The first-order valence-corrected chi connectivity index (χ1v) is 6.56. The lowest BCUT2D eigenvalue weighted by Crippen LogP contribution is -2.20. The number of anilines is 2. The van der Waals surface area contributed by atoms with Gasteiger partial charge in [-0.05, 0) is 50.1 Å². The number of oxime groups is 1. The minimum atomic E-state index is -0.0319. The van der Waals surface area contributed by atoms with Gasteiger partial charge in [-0.25, -0.2) is 9.97 Å². The molecule has 21 heavy (non-hydrogen) atoms. The summed E-state index contributed by atoms with van der Waals surface area (Å²) in [6.45, 7) is 5.93. The molecule has 0 bridgehead atoms. The third-order valence-corrected chi connectivity index (χ3v) is 3.11. The van der Waals surface area contributed by atoms with Gasteiger partial charge in [-0.15, -0.1) is 0 Å². The molecule has 0 unspecified atom stereocenters. The van der Waals surface area contributed by atoms with Crippen molar-refractivity contribution in [2.24, 2.45) is 10.9 Å². The molecule has 1 aromatic heterocycles. The number of hydrogen-bond acceptors (Lipinski definition) is 5. The summed E-state index contributed by atoms with van der Waals surface area (Å²) in [4.78, 5) is 10.6. The molecular weight excluding hydrogens is 266 g/mol. The van der Waals surface area contributed by atoms with Crippen molar-refractivity contribution >= 4 is 17.5 Å². The minimum absolute atomic E-state index is 0.0319. The molecule has 0 fully saturated rings. The van der Waals surface area contributed by atoms with E-state index in [-0.39, 0.29) is 5.84 Å². The Morgan fingerprint density at radius 1 is 1.10 bits per heavy atom. The van der Waals surface area contributed by atoms with Gasteiger partial charge in [0.15, 0.2) is 5.84 Å². The number of nitrogens with zero attached hydrogens (tertiary/aromatic N) is 4. The Balaban J connectivity index is 2.47. The number of rotatable bonds is 3. The zero-order valence-electron chi connectivity index (χ0n) is 12.6. The van der Waals surface area contributed by atoms with Crippen LogP contribution in [0.1, 0.15) is 22.5 Å². The van der Waals surface area contributed by atoms with Crippen molar-refractivity contribution < 1.29 is 5.21 Å². The van der Waals surface area contributed by atoms with E-state index in [4.69, 9.17) is 10.9 Å². The summed E-state index contributed by atoms with van der Waals surface area (Å²) in [5.74, 6) is 0.470. The van der Waals surface area contributed by atoms with Gasteiger partial charge in [-0.3, -0.25) is 0 Å². The van der Waals surface area contributed by atoms with Crippen molar-refractivity contribution in [1.82, 2.24) is 9.97 Å². The lowest BCUT2D eigenvalue weighted by Gasteiger charge is -2.19. The summed E-state index contributed by atoms with van der Waals surface area (Å²) in [6, 6.07) is 7.90. The maximum Gasteiger partial charge on any atom is 0.230 e. The summed E-state index contributed by atoms with van der Waals surface area (Å²) in [5.41, 5.74) is 10.1. The fourth-order valence-corrected chi connectivity index (χ4v) is 2.15. The Kier molecular flexibility index (Phi) is 4.07. The predicted octanol–water partition coefficient (Wildman–Crippen LogP) is 2.26. The van der Waals surface area contributed by atoms with Crippen molar-refractivity contribution in [3.63, 3.8) is 0 Å². The van der Waals surface area contributed by atoms with Crippen LogP contribution in [0, 0.1) is 20.8 Å². The Hall–Kier alpha value is -2.63. The number of nitrogens with two attached hydrogens (primary N) is 1. The zero-order chi connectivity index (χ0) is 15.6. The van der Waals surface area contributed by atoms with E-state index < -0.39 is 0 Å². The summed E-state index contributed by atoms with van der Waals surface area (Å²) < 4.78 is 0. The average molecular weight is 285 g/mol. The first-order valence-electron chi connectivity index (χ1n) is 6.56. The van der Waals surface area contributed by atoms with Crippen LogP contribution in [0.4, 0.5) is 11.6 Å². The third kappa shape index (κ3) is 3.28. The van der Waals surface area contributed by atoms with Crippen molar-refractivity contribution in [3.8, 4) is 0 Å². The molecule has 0 radical (unpaired) electrons. The first-order chi connectivity index (χ1) is 9.90. The lowest BCUT2D eigenvalue weighted by molar-refractivity contribution is 0.318. The largest absolute Gasteiger partial charge is 0.409 e. The maximum atomic E-state index is 8.79.